The van der Waals surface area contributed by atoms with E-state index in [9.17, 15) is 19.5 Å². The molecule has 7 heteroatoms. The summed E-state index contributed by atoms with van der Waals surface area (Å²) in [4.78, 5) is 35.9. The van der Waals surface area contributed by atoms with Gasteiger partial charge in [0.15, 0.2) is 0 Å². The van der Waals surface area contributed by atoms with Crippen LogP contribution in [0.15, 0.2) is 18.2 Å². The quantitative estimate of drug-likeness (QED) is 0.698. The van der Waals surface area contributed by atoms with Crippen molar-refractivity contribution in [3.8, 4) is 5.75 Å². The van der Waals surface area contributed by atoms with Gasteiger partial charge in [-0.2, -0.15) is 0 Å². The van der Waals surface area contributed by atoms with Gasteiger partial charge in [-0.3, -0.25) is 9.59 Å². The Hall–Kier alpha value is -2.57. The number of phenolic OH excluding ortho intramolecular Hbond substituents is 1. The van der Waals surface area contributed by atoms with Crippen LogP contribution in [0.5, 0.6) is 5.75 Å². The highest BCUT2D eigenvalue weighted by atomic mass is 16.4. The summed E-state index contributed by atoms with van der Waals surface area (Å²) in [6.07, 6.45) is 0.114. The molecule has 0 aliphatic carbocycles. The molecule has 1 fully saturated rings. The average Bonchev–Trinajstić information content (AvgIpc) is 2.71. The van der Waals surface area contributed by atoms with Gasteiger partial charge >= 0.3 is 5.97 Å². The molecule has 1 aliphatic heterocycles. The number of hydrogen-bond acceptors (Lipinski definition) is 4. The van der Waals surface area contributed by atoms with Gasteiger partial charge in [0.2, 0.25) is 11.8 Å². The van der Waals surface area contributed by atoms with E-state index in [0.29, 0.717) is 6.54 Å². The van der Waals surface area contributed by atoms with Crippen molar-refractivity contribution in [1.29, 1.82) is 0 Å². The minimum Gasteiger partial charge on any atom is -0.508 e. The van der Waals surface area contributed by atoms with Crippen LogP contribution in [0.1, 0.15) is 16.8 Å². The molecule has 0 aromatic heterocycles. The molecule has 2 rings (SSSR count). The Bertz CT molecular complexity index is 584. The normalized spacial score (nSPS) is 18.1. The Balaban J connectivity index is 2.16. The van der Waals surface area contributed by atoms with Crippen LogP contribution in [0.4, 0.5) is 5.69 Å². The molecule has 1 aromatic rings. The highest BCUT2D eigenvalue weighted by Crippen LogP contribution is 2.23. The van der Waals surface area contributed by atoms with Crippen molar-refractivity contribution in [2.24, 2.45) is 5.92 Å². The van der Waals surface area contributed by atoms with Gasteiger partial charge in [-0.15, -0.1) is 0 Å². The summed E-state index contributed by atoms with van der Waals surface area (Å²) in [5.74, 6) is -2.47. The van der Waals surface area contributed by atoms with Gasteiger partial charge in [0, 0.05) is 20.0 Å². The molecule has 1 aromatic carbocycles. The van der Waals surface area contributed by atoms with Crippen LogP contribution in [0.2, 0.25) is 0 Å². The monoisotopic (exact) mass is 278 g/mol. The van der Waals surface area contributed by atoms with Crippen LogP contribution in [0.3, 0.4) is 0 Å². The SMILES string of the molecule is CN1CC(C(=O)Nc2ccc(O)cc2C(=O)O)CC1=O. The van der Waals surface area contributed by atoms with Crippen LogP contribution >= 0.6 is 0 Å². The predicted octanol–water partition coefficient (Wildman–Crippen LogP) is 0.507. The molecule has 3 N–H and O–H groups in total. The van der Waals surface area contributed by atoms with Crippen LogP contribution in [0, 0.1) is 5.92 Å². The predicted molar refractivity (Wildman–Crippen MR) is 69.4 cm³/mol. The highest BCUT2D eigenvalue weighted by molar-refractivity contribution is 6.03. The van der Waals surface area contributed by atoms with Crippen molar-refractivity contribution in [3.63, 3.8) is 0 Å². The topological polar surface area (TPSA) is 107 Å². The molecule has 1 saturated heterocycles. The molecular formula is C13H14N2O5. The first-order valence-corrected chi connectivity index (χ1v) is 5.99. The first-order valence-electron chi connectivity index (χ1n) is 5.99. The summed E-state index contributed by atoms with van der Waals surface area (Å²) in [6.45, 7) is 0.311. The second-order valence-corrected chi connectivity index (χ2v) is 4.70. The van der Waals surface area contributed by atoms with Gasteiger partial charge < -0.3 is 20.4 Å². The molecule has 106 valence electrons. The maximum Gasteiger partial charge on any atom is 0.337 e. The zero-order valence-electron chi connectivity index (χ0n) is 10.8. The lowest BCUT2D eigenvalue weighted by atomic mass is 10.1. The lowest BCUT2D eigenvalue weighted by molar-refractivity contribution is -0.127. The van der Waals surface area contributed by atoms with Gasteiger partial charge in [0.25, 0.3) is 0 Å². The average molecular weight is 278 g/mol. The molecule has 0 radical (unpaired) electrons. The molecule has 7 nitrogen and oxygen atoms in total. The summed E-state index contributed by atoms with van der Waals surface area (Å²) in [7, 11) is 1.61. The molecular weight excluding hydrogens is 264 g/mol. The third-order valence-electron chi connectivity index (χ3n) is 3.20. The summed E-state index contributed by atoms with van der Waals surface area (Å²) in [5.41, 5.74) is -0.0988. The van der Waals surface area contributed by atoms with Crippen LogP contribution < -0.4 is 5.32 Å². The van der Waals surface area contributed by atoms with Gasteiger partial charge in [0.1, 0.15) is 5.75 Å². The van der Waals surface area contributed by atoms with Crippen molar-refractivity contribution in [2.45, 2.75) is 6.42 Å². The number of nitrogens with one attached hydrogen (secondary N) is 1. The second kappa shape index (κ2) is 5.20. The van der Waals surface area contributed by atoms with E-state index in [4.69, 9.17) is 5.11 Å². The maximum atomic E-state index is 12.0. The molecule has 1 heterocycles. The fraction of sp³-hybridized carbons (Fsp3) is 0.308. The standard InChI is InChI=1S/C13H14N2O5/c1-15-6-7(4-11(15)17)12(18)14-10-3-2-8(16)5-9(10)13(19)20/h2-3,5,7,16H,4,6H2,1H3,(H,14,18)(H,19,20). The smallest absolute Gasteiger partial charge is 0.337 e. The number of carboxylic acids is 1. The lowest BCUT2D eigenvalue weighted by Crippen LogP contribution is -2.26. The van der Waals surface area contributed by atoms with E-state index < -0.39 is 17.8 Å². The Morgan fingerprint density at radius 2 is 2.10 bits per heavy atom. The number of carboxylic acid groups (broad SMARTS) is 1. The molecule has 0 bridgehead atoms. The van der Waals surface area contributed by atoms with E-state index in [1.807, 2.05) is 0 Å². The van der Waals surface area contributed by atoms with Crippen molar-refractivity contribution in [3.05, 3.63) is 23.8 Å². The Labute approximate surface area is 114 Å². The fourth-order valence-corrected chi connectivity index (χ4v) is 2.09. The Morgan fingerprint density at radius 3 is 2.65 bits per heavy atom. The minimum absolute atomic E-state index is 0.0994. The van der Waals surface area contributed by atoms with E-state index in [1.165, 1.54) is 17.0 Å². The Kier molecular flexibility index (Phi) is 3.60. The van der Waals surface area contributed by atoms with Crippen molar-refractivity contribution in [2.75, 3.05) is 18.9 Å². The zero-order valence-corrected chi connectivity index (χ0v) is 10.8. The van der Waals surface area contributed by atoms with Crippen molar-refractivity contribution in [1.82, 2.24) is 4.90 Å². The van der Waals surface area contributed by atoms with E-state index >= 15 is 0 Å². The van der Waals surface area contributed by atoms with E-state index in [-0.39, 0.29) is 29.3 Å². The molecule has 20 heavy (non-hydrogen) atoms. The largest absolute Gasteiger partial charge is 0.508 e. The van der Waals surface area contributed by atoms with Crippen molar-refractivity contribution >= 4 is 23.5 Å². The summed E-state index contributed by atoms with van der Waals surface area (Å²) in [5, 5.41) is 20.8. The molecule has 1 unspecified atom stereocenters. The summed E-state index contributed by atoms with van der Waals surface area (Å²) in [6, 6.07) is 3.66. The number of likely N-dealkylation sites (tertiary alicyclic amines) is 1. The van der Waals surface area contributed by atoms with Gasteiger partial charge in [-0.1, -0.05) is 0 Å². The van der Waals surface area contributed by atoms with Gasteiger partial charge in [-0.05, 0) is 18.2 Å². The number of anilines is 1. The van der Waals surface area contributed by atoms with Crippen LogP contribution in [-0.2, 0) is 9.59 Å². The van der Waals surface area contributed by atoms with Crippen LogP contribution in [0.25, 0.3) is 0 Å². The number of amides is 2. The number of phenols is 1. The van der Waals surface area contributed by atoms with Gasteiger partial charge in [0.05, 0.1) is 17.2 Å². The first-order chi connectivity index (χ1) is 9.38. The number of aromatic hydroxyl groups is 1. The molecule has 1 aliphatic rings. The van der Waals surface area contributed by atoms with Crippen molar-refractivity contribution < 1.29 is 24.6 Å². The zero-order chi connectivity index (χ0) is 14.9. The van der Waals surface area contributed by atoms with E-state index in [1.54, 1.807) is 7.05 Å². The number of nitrogens with zero attached hydrogens (tertiary/aromatic N) is 1. The third-order valence-corrected chi connectivity index (χ3v) is 3.20. The third kappa shape index (κ3) is 2.71. The summed E-state index contributed by atoms with van der Waals surface area (Å²) < 4.78 is 0. The lowest BCUT2D eigenvalue weighted by Gasteiger charge is -2.12. The number of carbonyl (C=O) groups excluding carboxylic acids is 2. The first kappa shape index (κ1) is 13.9. The minimum atomic E-state index is -1.25. The summed E-state index contributed by atoms with van der Waals surface area (Å²) >= 11 is 0. The van der Waals surface area contributed by atoms with E-state index in [2.05, 4.69) is 5.32 Å². The fourth-order valence-electron chi connectivity index (χ4n) is 2.09. The molecule has 2 amide bonds. The van der Waals surface area contributed by atoms with Crippen LogP contribution in [-0.4, -0.2) is 46.5 Å². The number of carbonyl (C=O) groups is 3. The Morgan fingerprint density at radius 1 is 1.40 bits per heavy atom. The number of benzene rings is 1. The number of hydrogen-bond donors (Lipinski definition) is 3. The molecule has 1 atom stereocenters. The molecule has 0 saturated carbocycles. The molecule has 0 spiro atoms. The maximum absolute atomic E-state index is 12.0. The number of aromatic carboxylic acids is 1. The number of rotatable bonds is 3. The second-order valence-electron chi connectivity index (χ2n) is 4.70. The van der Waals surface area contributed by atoms with E-state index in [0.717, 1.165) is 6.07 Å². The highest BCUT2D eigenvalue weighted by Gasteiger charge is 2.32. The van der Waals surface area contributed by atoms with Gasteiger partial charge in [-0.25, -0.2) is 4.79 Å².